The van der Waals surface area contributed by atoms with Crippen LogP contribution in [0.1, 0.15) is 81.0 Å². The first kappa shape index (κ1) is 25.1. The second kappa shape index (κ2) is 11.1. The molecule has 176 valence electrons. The van der Waals surface area contributed by atoms with E-state index >= 15 is 0 Å². The Morgan fingerprint density at radius 1 is 0.706 bits per heavy atom. The highest BCUT2D eigenvalue weighted by Gasteiger charge is 2.20. The van der Waals surface area contributed by atoms with E-state index in [4.69, 9.17) is 0 Å². The van der Waals surface area contributed by atoms with Gasteiger partial charge in [0.25, 0.3) is 0 Å². The molecule has 3 aromatic rings. The zero-order valence-corrected chi connectivity index (χ0v) is 20.3. The van der Waals surface area contributed by atoms with Crippen LogP contribution in [0.25, 0.3) is 0 Å². The molecular formula is C30H32O4. The van der Waals surface area contributed by atoms with E-state index in [9.17, 15) is 19.5 Å². The summed E-state index contributed by atoms with van der Waals surface area (Å²) in [6.07, 6.45) is 1.98. The summed E-state index contributed by atoms with van der Waals surface area (Å²) >= 11 is 0. The molecule has 0 fully saturated rings. The number of ketones is 2. The largest absolute Gasteiger partial charge is 0.478 e. The predicted molar refractivity (Wildman–Crippen MR) is 135 cm³/mol. The van der Waals surface area contributed by atoms with Crippen LogP contribution in [0, 0.1) is 11.8 Å². The van der Waals surface area contributed by atoms with Gasteiger partial charge in [-0.25, -0.2) is 4.79 Å². The van der Waals surface area contributed by atoms with E-state index in [0.717, 1.165) is 24.0 Å². The zero-order chi connectivity index (χ0) is 24.8. The maximum atomic E-state index is 12.9. The summed E-state index contributed by atoms with van der Waals surface area (Å²) in [4.78, 5) is 36.9. The Labute approximate surface area is 201 Å². The summed E-state index contributed by atoms with van der Waals surface area (Å²) < 4.78 is 0. The van der Waals surface area contributed by atoms with Crippen molar-refractivity contribution in [2.24, 2.45) is 11.8 Å². The molecule has 34 heavy (non-hydrogen) atoms. The average Bonchev–Trinajstić information content (AvgIpc) is 2.80. The molecule has 4 nitrogen and oxygen atoms in total. The molecule has 0 heterocycles. The lowest BCUT2D eigenvalue weighted by Gasteiger charge is -2.10. The Morgan fingerprint density at radius 2 is 1.24 bits per heavy atom. The predicted octanol–water partition coefficient (Wildman–Crippen LogP) is 6.44. The quantitative estimate of drug-likeness (QED) is 0.357. The second-order valence-electron chi connectivity index (χ2n) is 9.59. The molecule has 3 aromatic carbocycles. The number of carboxylic acid groups (broad SMARTS) is 1. The van der Waals surface area contributed by atoms with Crippen molar-refractivity contribution in [2.45, 2.75) is 47.0 Å². The Bertz CT molecular complexity index is 1170. The SMILES string of the molecule is CC(C)Cc1ccc(Cc2ccc(CC(=O)c3ccc(C(=O)C(C)C)cc3C(=O)O)cc2)cc1. The molecule has 0 aliphatic heterocycles. The van der Waals surface area contributed by atoms with Crippen molar-refractivity contribution in [3.05, 3.63) is 106 Å². The molecule has 0 aromatic heterocycles. The Morgan fingerprint density at radius 3 is 1.74 bits per heavy atom. The lowest BCUT2D eigenvalue weighted by Crippen LogP contribution is -2.14. The van der Waals surface area contributed by atoms with Crippen LogP contribution in [0.2, 0.25) is 0 Å². The fourth-order valence-electron chi connectivity index (χ4n) is 4.01. The summed E-state index contributed by atoms with van der Waals surface area (Å²) in [5.74, 6) is -1.26. The lowest BCUT2D eigenvalue weighted by atomic mass is 9.93. The fourth-order valence-corrected chi connectivity index (χ4v) is 4.01. The number of carbonyl (C=O) groups excluding carboxylic acids is 2. The number of benzene rings is 3. The molecule has 4 heteroatoms. The number of aromatic carboxylic acids is 1. The van der Waals surface area contributed by atoms with Crippen molar-refractivity contribution >= 4 is 17.5 Å². The summed E-state index contributed by atoms with van der Waals surface area (Å²) in [6, 6.07) is 20.8. The van der Waals surface area contributed by atoms with Crippen molar-refractivity contribution in [1.29, 1.82) is 0 Å². The topological polar surface area (TPSA) is 71.4 Å². The van der Waals surface area contributed by atoms with Crippen LogP contribution in [0.15, 0.2) is 66.7 Å². The molecule has 0 amide bonds. The van der Waals surface area contributed by atoms with E-state index in [2.05, 4.69) is 38.1 Å². The van der Waals surface area contributed by atoms with Gasteiger partial charge >= 0.3 is 5.97 Å². The molecule has 0 unspecified atom stereocenters. The Kier molecular flexibility index (Phi) is 8.17. The molecule has 0 aliphatic rings. The molecule has 0 saturated heterocycles. The molecule has 0 atom stereocenters. The van der Waals surface area contributed by atoms with Crippen molar-refractivity contribution < 1.29 is 19.5 Å². The minimum Gasteiger partial charge on any atom is -0.478 e. The third-order valence-corrected chi connectivity index (χ3v) is 5.82. The summed E-state index contributed by atoms with van der Waals surface area (Å²) in [5.41, 5.74) is 4.85. The molecule has 0 bridgehead atoms. The Balaban J connectivity index is 1.70. The molecule has 0 radical (unpaired) electrons. The van der Waals surface area contributed by atoms with Crippen molar-refractivity contribution in [3.63, 3.8) is 0 Å². The maximum Gasteiger partial charge on any atom is 0.336 e. The first-order valence-corrected chi connectivity index (χ1v) is 11.7. The van der Waals surface area contributed by atoms with Gasteiger partial charge in [-0.2, -0.15) is 0 Å². The molecule has 1 N–H and O–H groups in total. The van der Waals surface area contributed by atoms with Gasteiger partial charge in [0.2, 0.25) is 0 Å². The van der Waals surface area contributed by atoms with Crippen LogP contribution in [0.5, 0.6) is 0 Å². The van der Waals surface area contributed by atoms with Crippen LogP contribution in [0.4, 0.5) is 0 Å². The minimum atomic E-state index is -1.21. The van der Waals surface area contributed by atoms with E-state index in [-0.39, 0.29) is 35.0 Å². The van der Waals surface area contributed by atoms with Crippen molar-refractivity contribution in [3.8, 4) is 0 Å². The van der Waals surface area contributed by atoms with Gasteiger partial charge in [-0.3, -0.25) is 9.59 Å². The molecule has 0 saturated carbocycles. The van der Waals surface area contributed by atoms with E-state index in [1.807, 2.05) is 24.3 Å². The average molecular weight is 457 g/mol. The van der Waals surface area contributed by atoms with Crippen molar-refractivity contribution in [1.82, 2.24) is 0 Å². The standard InChI is InChI=1S/C30H32O4/c1-19(2)15-21-5-7-22(8-6-21)16-23-9-11-24(12-10-23)17-28(31)26-14-13-25(29(32)20(3)4)18-27(26)30(33)34/h5-14,18-20H,15-17H2,1-4H3,(H,33,34). The monoisotopic (exact) mass is 456 g/mol. The van der Waals surface area contributed by atoms with Crippen LogP contribution in [0.3, 0.4) is 0 Å². The van der Waals surface area contributed by atoms with Gasteiger partial charge in [0, 0.05) is 23.5 Å². The van der Waals surface area contributed by atoms with Gasteiger partial charge in [-0.1, -0.05) is 82.3 Å². The van der Waals surface area contributed by atoms with Gasteiger partial charge in [0.1, 0.15) is 0 Å². The van der Waals surface area contributed by atoms with E-state index in [0.29, 0.717) is 11.5 Å². The van der Waals surface area contributed by atoms with Gasteiger partial charge in [-0.15, -0.1) is 0 Å². The van der Waals surface area contributed by atoms with Crippen LogP contribution in [-0.4, -0.2) is 22.6 Å². The number of rotatable bonds is 10. The normalized spacial score (nSPS) is 11.1. The highest BCUT2D eigenvalue weighted by Crippen LogP contribution is 2.19. The second-order valence-corrected chi connectivity index (χ2v) is 9.59. The van der Waals surface area contributed by atoms with Gasteiger partial charge in [0.05, 0.1) is 5.56 Å². The summed E-state index contributed by atoms with van der Waals surface area (Å²) in [7, 11) is 0. The van der Waals surface area contributed by atoms with E-state index in [1.165, 1.54) is 29.3 Å². The first-order valence-electron chi connectivity index (χ1n) is 11.7. The number of carbonyl (C=O) groups is 3. The van der Waals surface area contributed by atoms with E-state index < -0.39 is 5.97 Å². The van der Waals surface area contributed by atoms with Gasteiger partial charge in [0.15, 0.2) is 11.6 Å². The Hall–Kier alpha value is -3.53. The summed E-state index contributed by atoms with van der Waals surface area (Å²) in [5, 5.41) is 9.60. The maximum absolute atomic E-state index is 12.9. The summed E-state index contributed by atoms with van der Waals surface area (Å²) in [6.45, 7) is 7.94. The third-order valence-electron chi connectivity index (χ3n) is 5.82. The third kappa shape index (κ3) is 6.50. The van der Waals surface area contributed by atoms with E-state index in [1.54, 1.807) is 13.8 Å². The van der Waals surface area contributed by atoms with Crippen LogP contribution >= 0.6 is 0 Å². The number of hydrogen-bond acceptors (Lipinski definition) is 3. The highest BCUT2D eigenvalue weighted by atomic mass is 16.4. The fraction of sp³-hybridized carbons (Fsp3) is 0.300. The molecular weight excluding hydrogens is 424 g/mol. The number of carboxylic acids is 1. The lowest BCUT2D eigenvalue weighted by molar-refractivity contribution is 0.0692. The van der Waals surface area contributed by atoms with Crippen LogP contribution in [-0.2, 0) is 19.3 Å². The minimum absolute atomic E-state index is 0.0991. The highest BCUT2D eigenvalue weighted by molar-refractivity contribution is 6.08. The number of hydrogen-bond donors (Lipinski definition) is 1. The van der Waals surface area contributed by atoms with Crippen LogP contribution < -0.4 is 0 Å². The van der Waals surface area contributed by atoms with Gasteiger partial charge < -0.3 is 5.11 Å². The van der Waals surface area contributed by atoms with Crippen molar-refractivity contribution in [2.75, 3.05) is 0 Å². The smallest absolute Gasteiger partial charge is 0.336 e. The number of Topliss-reactive ketones (excluding diaryl/α,β-unsaturated/α-hetero) is 2. The molecule has 3 rings (SSSR count). The molecule has 0 spiro atoms. The zero-order valence-electron chi connectivity index (χ0n) is 20.3. The van der Waals surface area contributed by atoms with Gasteiger partial charge in [-0.05, 0) is 53.1 Å². The molecule has 0 aliphatic carbocycles. The first-order chi connectivity index (χ1) is 16.1.